The van der Waals surface area contributed by atoms with Crippen LogP contribution in [0.5, 0.6) is 0 Å². The van der Waals surface area contributed by atoms with Crippen LogP contribution in [0.3, 0.4) is 0 Å². The number of benzene rings is 1. The zero-order valence-electron chi connectivity index (χ0n) is 12.1. The van der Waals surface area contributed by atoms with E-state index < -0.39 is 18.0 Å². The lowest BCUT2D eigenvalue weighted by Gasteiger charge is -2.23. The highest BCUT2D eigenvalue weighted by Crippen LogP contribution is 2.04. The minimum Gasteiger partial charge on any atom is -0.480 e. The first-order valence-electron chi connectivity index (χ1n) is 6.84. The van der Waals surface area contributed by atoms with Gasteiger partial charge in [0, 0.05) is 13.0 Å². The van der Waals surface area contributed by atoms with Crippen molar-refractivity contribution in [3.05, 3.63) is 35.9 Å². The van der Waals surface area contributed by atoms with Crippen LogP contribution in [0.4, 0.5) is 4.79 Å². The molecule has 1 rings (SSSR count). The number of urea groups is 1. The zero-order chi connectivity index (χ0) is 15.7. The van der Waals surface area contributed by atoms with Crippen LogP contribution in [0.15, 0.2) is 30.3 Å². The number of aliphatic carboxylic acids is 1. The molecule has 5 nitrogen and oxygen atoms in total. The molecule has 0 aliphatic heterocycles. The van der Waals surface area contributed by atoms with Crippen molar-refractivity contribution in [2.24, 2.45) is 0 Å². The smallest absolute Gasteiger partial charge is 0.326 e. The van der Waals surface area contributed by atoms with Gasteiger partial charge in [0.2, 0.25) is 0 Å². The van der Waals surface area contributed by atoms with Crippen LogP contribution in [-0.4, -0.2) is 41.1 Å². The van der Waals surface area contributed by atoms with E-state index in [2.05, 4.69) is 11.2 Å². The number of hydrogen-bond acceptors (Lipinski definition) is 2. The number of rotatable bonds is 7. The van der Waals surface area contributed by atoms with Gasteiger partial charge >= 0.3 is 12.0 Å². The fraction of sp³-hybridized carbons (Fsp3) is 0.375. The number of hydrogen-bond donors (Lipinski definition) is 2. The summed E-state index contributed by atoms with van der Waals surface area (Å²) in [5.41, 5.74) is 0.851. The molecule has 0 saturated carbocycles. The standard InChI is InChI=1S/C16H20N2O3/c1-3-10-18(11-4-2)16(21)17-14(15(19)20)12-13-8-6-5-7-9-13/h1,5-9,14H,4,10-12H2,2H3,(H,17,21)(H,19,20). The number of carbonyl (C=O) groups excluding carboxylic acids is 1. The molecule has 112 valence electrons. The minimum atomic E-state index is -1.07. The fourth-order valence-electron chi connectivity index (χ4n) is 1.92. The highest BCUT2D eigenvalue weighted by atomic mass is 16.4. The summed E-state index contributed by atoms with van der Waals surface area (Å²) in [6, 6.07) is 7.75. The summed E-state index contributed by atoms with van der Waals surface area (Å²) in [5, 5.41) is 11.8. The molecule has 1 aromatic rings. The second kappa shape index (κ2) is 8.64. The van der Waals surface area contributed by atoms with Crippen molar-refractivity contribution in [2.45, 2.75) is 25.8 Å². The van der Waals surface area contributed by atoms with Gasteiger partial charge in [-0.05, 0) is 12.0 Å². The van der Waals surface area contributed by atoms with E-state index in [1.54, 1.807) is 0 Å². The molecule has 0 bridgehead atoms. The third kappa shape index (κ3) is 5.57. The van der Waals surface area contributed by atoms with Crippen LogP contribution in [0, 0.1) is 12.3 Å². The van der Waals surface area contributed by atoms with Gasteiger partial charge in [-0.25, -0.2) is 9.59 Å². The van der Waals surface area contributed by atoms with Crippen LogP contribution >= 0.6 is 0 Å². The predicted molar refractivity (Wildman–Crippen MR) is 80.8 cm³/mol. The van der Waals surface area contributed by atoms with E-state index in [-0.39, 0.29) is 13.0 Å². The molecule has 5 heteroatoms. The Bertz CT molecular complexity index is 508. The molecule has 2 N–H and O–H groups in total. The molecule has 1 unspecified atom stereocenters. The molecular formula is C16H20N2O3. The lowest BCUT2D eigenvalue weighted by atomic mass is 10.1. The first-order valence-corrected chi connectivity index (χ1v) is 6.84. The van der Waals surface area contributed by atoms with Crippen LogP contribution in [0.25, 0.3) is 0 Å². The van der Waals surface area contributed by atoms with Crippen LogP contribution in [0.2, 0.25) is 0 Å². The van der Waals surface area contributed by atoms with Crippen molar-refractivity contribution in [2.75, 3.05) is 13.1 Å². The molecule has 0 fully saturated rings. The summed E-state index contributed by atoms with van der Waals surface area (Å²) in [6.07, 6.45) is 6.21. The Morgan fingerprint density at radius 1 is 1.38 bits per heavy atom. The maximum Gasteiger partial charge on any atom is 0.326 e. The quantitative estimate of drug-likeness (QED) is 0.751. The highest BCUT2D eigenvalue weighted by Gasteiger charge is 2.22. The van der Waals surface area contributed by atoms with Gasteiger partial charge in [-0.1, -0.05) is 43.2 Å². The predicted octanol–water partition coefficient (Wildman–Crippen LogP) is 1.74. The van der Waals surface area contributed by atoms with E-state index in [1.807, 2.05) is 37.3 Å². The Labute approximate surface area is 125 Å². The van der Waals surface area contributed by atoms with Crippen molar-refractivity contribution in [3.63, 3.8) is 0 Å². The molecule has 0 aliphatic rings. The minimum absolute atomic E-state index is 0.164. The van der Waals surface area contributed by atoms with E-state index in [0.29, 0.717) is 6.54 Å². The third-order valence-electron chi connectivity index (χ3n) is 2.94. The number of nitrogens with zero attached hydrogens (tertiary/aromatic N) is 1. The molecule has 21 heavy (non-hydrogen) atoms. The SMILES string of the molecule is C#CCN(CCC)C(=O)NC(Cc1ccccc1)C(=O)O. The number of carbonyl (C=O) groups is 2. The Balaban J connectivity index is 2.71. The van der Waals surface area contributed by atoms with Gasteiger partial charge in [0.05, 0.1) is 6.54 Å². The fourth-order valence-corrected chi connectivity index (χ4v) is 1.92. The van der Waals surface area contributed by atoms with Gasteiger partial charge in [-0.15, -0.1) is 6.42 Å². The molecule has 0 radical (unpaired) electrons. The molecule has 1 atom stereocenters. The Morgan fingerprint density at radius 3 is 2.57 bits per heavy atom. The molecule has 0 saturated heterocycles. The van der Waals surface area contributed by atoms with Crippen molar-refractivity contribution in [1.29, 1.82) is 0 Å². The number of nitrogens with one attached hydrogen (secondary N) is 1. The molecule has 0 spiro atoms. The average Bonchev–Trinajstić information content (AvgIpc) is 2.47. The molecule has 0 aliphatic carbocycles. The first-order chi connectivity index (χ1) is 10.1. The molecule has 1 aromatic carbocycles. The molecule has 0 aromatic heterocycles. The van der Waals surface area contributed by atoms with E-state index >= 15 is 0 Å². The van der Waals surface area contributed by atoms with Crippen LogP contribution < -0.4 is 5.32 Å². The van der Waals surface area contributed by atoms with Crippen LogP contribution in [-0.2, 0) is 11.2 Å². The Morgan fingerprint density at radius 2 is 2.05 bits per heavy atom. The van der Waals surface area contributed by atoms with Crippen LogP contribution in [0.1, 0.15) is 18.9 Å². The maximum atomic E-state index is 12.1. The van der Waals surface area contributed by atoms with E-state index in [4.69, 9.17) is 6.42 Å². The third-order valence-corrected chi connectivity index (χ3v) is 2.94. The van der Waals surface area contributed by atoms with E-state index in [0.717, 1.165) is 12.0 Å². The maximum absolute atomic E-state index is 12.1. The largest absolute Gasteiger partial charge is 0.480 e. The summed E-state index contributed by atoms with van der Waals surface area (Å²) < 4.78 is 0. The lowest BCUT2D eigenvalue weighted by Crippen LogP contribution is -2.49. The Hall–Kier alpha value is -2.48. The van der Waals surface area contributed by atoms with Gasteiger partial charge in [0.25, 0.3) is 0 Å². The topological polar surface area (TPSA) is 69.6 Å². The summed E-state index contributed by atoms with van der Waals surface area (Å²) in [6.45, 7) is 2.58. The second-order valence-corrected chi connectivity index (χ2v) is 4.66. The van der Waals surface area contributed by atoms with Gasteiger partial charge in [0.1, 0.15) is 6.04 Å². The molecule has 0 heterocycles. The van der Waals surface area contributed by atoms with E-state index in [9.17, 15) is 14.7 Å². The van der Waals surface area contributed by atoms with Gasteiger partial charge in [-0.3, -0.25) is 0 Å². The van der Waals surface area contributed by atoms with Gasteiger partial charge in [0.15, 0.2) is 0 Å². The number of carboxylic acids is 1. The number of amides is 2. The summed E-state index contributed by atoms with van der Waals surface area (Å²) in [5.74, 6) is 1.34. The number of carboxylic acid groups (broad SMARTS) is 1. The van der Waals surface area contributed by atoms with E-state index in [1.165, 1.54) is 4.90 Å². The monoisotopic (exact) mass is 288 g/mol. The highest BCUT2D eigenvalue weighted by molar-refractivity contribution is 5.83. The number of terminal acetylenes is 1. The average molecular weight is 288 g/mol. The zero-order valence-corrected chi connectivity index (χ0v) is 12.1. The lowest BCUT2D eigenvalue weighted by molar-refractivity contribution is -0.139. The second-order valence-electron chi connectivity index (χ2n) is 4.66. The molecular weight excluding hydrogens is 268 g/mol. The molecule has 2 amide bonds. The van der Waals surface area contributed by atoms with Crippen molar-refractivity contribution in [1.82, 2.24) is 10.2 Å². The summed E-state index contributed by atoms with van der Waals surface area (Å²) in [7, 11) is 0. The first kappa shape index (κ1) is 16.6. The van der Waals surface area contributed by atoms with Crippen molar-refractivity contribution >= 4 is 12.0 Å². The van der Waals surface area contributed by atoms with Gasteiger partial charge in [-0.2, -0.15) is 0 Å². The van der Waals surface area contributed by atoms with Crippen molar-refractivity contribution < 1.29 is 14.7 Å². The normalized spacial score (nSPS) is 11.2. The summed E-state index contributed by atoms with van der Waals surface area (Å²) >= 11 is 0. The Kier molecular flexibility index (Phi) is 6.82. The van der Waals surface area contributed by atoms with Gasteiger partial charge < -0.3 is 15.3 Å². The van der Waals surface area contributed by atoms with Crippen molar-refractivity contribution in [3.8, 4) is 12.3 Å². The summed E-state index contributed by atoms with van der Waals surface area (Å²) in [4.78, 5) is 24.8.